The lowest BCUT2D eigenvalue weighted by Gasteiger charge is -2.22. The molecule has 3 amide bonds. The number of amides is 3. The van der Waals surface area contributed by atoms with Gasteiger partial charge in [-0.05, 0) is 26.7 Å². The SMILES string of the molecule is Cc1ccc(-c2nnc(SCC(=O)NC(=O)NC3CCCCC3)nc2-c2ccc(C)cc2)cc1. The first-order valence-electron chi connectivity index (χ1n) is 11.6. The second kappa shape index (κ2) is 11.2. The average Bonchev–Trinajstić information content (AvgIpc) is 2.84. The molecule has 2 N–H and O–H groups in total. The van der Waals surface area contributed by atoms with E-state index in [1.165, 1.54) is 6.42 Å². The van der Waals surface area contributed by atoms with E-state index in [9.17, 15) is 9.59 Å². The molecule has 0 spiro atoms. The zero-order valence-electron chi connectivity index (χ0n) is 19.5. The Kier molecular flexibility index (Phi) is 7.90. The number of imide groups is 1. The van der Waals surface area contributed by atoms with Gasteiger partial charge in [-0.25, -0.2) is 9.78 Å². The number of aromatic nitrogens is 3. The first kappa shape index (κ1) is 23.9. The van der Waals surface area contributed by atoms with Crippen molar-refractivity contribution in [2.75, 3.05) is 5.75 Å². The molecule has 1 heterocycles. The standard InChI is InChI=1S/C26H29N5O2S/c1-17-8-12-19(13-9-17)23-24(20-14-10-18(2)11-15-20)30-31-26(29-23)34-16-22(32)28-25(33)27-21-6-4-3-5-7-21/h8-15,21H,3-7,16H2,1-2H3,(H2,27,28,32,33). The molecule has 1 aromatic heterocycles. The number of hydrogen-bond donors (Lipinski definition) is 2. The predicted octanol–water partition coefficient (Wildman–Crippen LogP) is 5.07. The lowest BCUT2D eigenvalue weighted by atomic mass is 9.96. The molecule has 34 heavy (non-hydrogen) atoms. The number of thioether (sulfide) groups is 1. The second-order valence-corrected chi connectivity index (χ2v) is 9.61. The molecule has 0 unspecified atom stereocenters. The number of carbonyl (C=O) groups is 2. The van der Waals surface area contributed by atoms with Crippen LogP contribution >= 0.6 is 11.8 Å². The second-order valence-electron chi connectivity index (χ2n) is 8.67. The maximum Gasteiger partial charge on any atom is 0.321 e. The first-order valence-corrected chi connectivity index (χ1v) is 12.6. The van der Waals surface area contributed by atoms with E-state index in [1.807, 2.05) is 62.4 Å². The van der Waals surface area contributed by atoms with Crippen molar-refractivity contribution >= 4 is 23.7 Å². The Morgan fingerprint density at radius 2 is 1.44 bits per heavy atom. The molecule has 4 rings (SSSR count). The van der Waals surface area contributed by atoms with Gasteiger partial charge in [-0.15, -0.1) is 10.2 Å². The molecular weight excluding hydrogens is 446 g/mol. The fourth-order valence-corrected chi connectivity index (χ4v) is 4.54. The van der Waals surface area contributed by atoms with Crippen molar-refractivity contribution in [1.29, 1.82) is 0 Å². The van der Waals surface area contributed by atoms with Crippen LogP contribution in [0.5, 0.6) is 0 Å². The Morgan fingerprint density at radius 1 is 0.853 bits per heavy atom. The van der Waals surface area contributed by atoms with E-state index in [0.717, 1.165) is 59.7 Å². The van der Waals surface area contributed by atoms with Gasteiger partial charge in [-0.1, -0.05) is 90.7 Å². The van der Waals surface area contributed by atoms with Crippen molar-refractivity contribution in [3.63, 3.8) is 0 Å². The maximum absolute atomic E-state index is 12.3. The van der Waals surface area contributed by atoms with E-state index in [0.29, 0.717) is 16.5 Å². The number of nitrogens with zero attached hydrogens (tertiary/aromatic N) is 3. The summed E-state index contributed by atoms with van der Waals surface area (Å²) in [5, 5.41) is 14.4. The summed E-state index contributed by atoms with van der Waals surface area (Å²) in [4.78, 5) is 29.2. The zero-order valence-corrected chi connectivity index (χ0v) is 20.3. The third-order valence-electron chi connectivity index (χ3n) is 5.84. The minimum Gasteiger partial charge on any atom is -0.335 e. The number of urea groups is 1. The lowest BCUT2D eigenvalue weighted by molar-refractivity contribution is -0.117. The molecule has 0 bridgehead atoms. The Hall–Kier alpha value is -3.26. The van der Waals surface area contributed by atoms with Crippen molar-refractivity contribution in [3.05, 3.63) is 59.7 Å². The smallest absolute Gasteiger partial charge is 0.321 e. The number of rotatable bonds is 6. The fourth-order valence-electron chi connectivity index (χ4n) is 3.95. The van der Waals surface area contributed by atoms with Gasteiger partial charge >= 0.3 is 6.03 Å². The van der Waals surface area contributed by atoms with Crippen molar-refractivity contribution < 1.29 is 9.59 Å². The molecule has 0 atom stereocenters. The molecule has 1 aliphatic carbocycles. The highest BCUT2D eigenvalue weighted by molar-refractivity contribution is 7.99. The summed E-state index contributed by atoms with van der Waals surface area (Å²) in [6, 6.07) is 15.8. The Labute approximate surface area is 204 Å². The van der Waals surface area contributed by atoms with Crippen LogP contribution in [0.25, 0.3) is 22.5 Å². The monoisotopic (exact) mass is 475 g/mol. The molecule has 2 aromatic carbocycles. The molecule has 8 heteroatoms. The number of benzene rings is 2. The Balaban J connectivity index is 1.46. The Morgan fingerprint density at radius 3 is 2.06 bits per heavy atom. The molecule has 1 saturated carbocycles. The molecule has 1 fully saturated rings. The maximum atomic E-state index is 12.3. The average molecular weight is 476 g/mol. The third kappa shape index (κ3) is 6.41. The lowest BCUT2D eigenvalue weighted by Crippen LogP contribution is -2.45. The fraction of sp³-hybridized carbons (Fsp3) is 0.346. The van der Waals surface area contributed by atoms with E-state index in [1.54, 1.807) is 0 Å². The van der Waals surface area contributed by atoms with Crippen LogP contribution in [0.15, 0.2) is 53.7 Å². The highest BCUT2D eigenvalue weighted by Crippen LogP contribution is 2.30. The largest absolute Gasteiger partial charge is 0.335 e. The molecule has 176 valence electrons. The topological polar surface area (TPSA) is 96.9 Å². The van der Waals surface area contributed by atoms with Crippen LogP contribution in [0.4, 0.5) is 4.79 Å². The number of nitrogens with one attached hydrogen (secondary N) is 2. The molecular formula is C26H29N5O2S. The van der Waals surface area contributed by atoms with Gasteiger partial charge in [0.1, 0.15) is 11.4 Å². The molecule has 7 nitrogen and oxygen atoms in total. The normalized spacial score (nSPS) is 13.9. The van der Waals surface area contributed by atoms with Gasteiger partial charge in [0.25, 0.3) is 0 Å². The first-order chi connectivity index (χ1) is 16.5. The molecule has 0 saturated heterocycles. The van der Waals surface area contributed by atoms with Crippen molar-refractivity contribution in [3.8, 4) is 22.5 Å². The van der Waals surface area contributed by atoms with Crippen LogP contribution in [0, 0.1) is 13.8 Å². The summed E-state index contributed by atoms with van der Waals surface area (Å²) in [5.41, 5.74) is 5.55. The van der Waals surface area contributed by atoms with E-state index < -0.39 is 6.03 Å². The highest BCUT2D eigenvalue weighted by atomic mass is 32.2. The van der Waals surface area contributed by atoms with Gasteiger partial charge in [0.15, 0.2) is 0 Å². The van der Waals surface area contributed by atoms with Crippen molar-refractivity contribution in [2.24, 2.45) is 0 Å². The molecule has 1 aliphatic rings. The summed E-state index contributed by atoms with van der Waals surface area (Å²) in [6.45, 7) is 4.07. The Bertz CT molecular complexity index is 1140. The minimum absolute atomic E-state index is 0.0248. The van der Waals surface area contributed by atoms with E-state index in [4.69, 9.17) is 4.98 Å². The summed E-state index contributed by atoms with van der Waals surface area (Å²) in [6.07, 6.45) is 5.36. The third-order valence-corrected chi connectivity index (χ3v) is 6.68. The highest BCUT2D eigenvalue weighted by Gasteiger charge is 2.18. The van der Waals surface area contributed by atoms with Gasteiger partial charge in [0.2, 0.25) is 11.1 Å². The van der Waals surface area contributed by atoms with Gasteiger partial charge < -0.3 is 5.32 Å². The predicted molar refractivity (Wildman–Crippen MR) is 134 cm³/mol. The zero-order chi connectivity index (χ0) is 23.9. The van der Waals surface area contributed by atoms with Crippen LogP contribution in [0.3, 0.4) is 0 Å². The molecule has 0 aliphatic heterocycles. The summed E-state index contributed by atoms with van der Waals surface area (Å²) < 4.78 is 0. The van der Waals surface area contributed by atoms with Gasteiger partial charge in [-0.3, -0.25) is 10.1 Å². The van der Waals surface area contributed by atoms with Gasteiger partial charge in [-0.2, -0.15) is 0 Å². The summed E-state index contributed by atoms with van der Waals surface area (Å²) >= 11 is 1.16. The number of aryl methyl sites for hydroxylation is 2. The number of carbonyl (C=O) groups excluding carboxylic acids is 2. The molecule has 0 radical (unpaired) electrons. The summed E-state index contributed by atoms with van der Waals surface area (Å²) in [5.74, 6) is -0.363. The van der Waals surface area contributed by atoms with Crippen LogP contribution in [-0.2, 0) is 4.79 Å². The number of hydrogen-bond acceptors (Lipinski definition) is 6. The summed E-state index contributed by atoms with van der Waals surface area (Å²) in [7, 11) is 0. The minimum atomic E-state index is -0.438. The van der Waals surface area contributed by atoms with Crippen LogP contribution in [-0.4, -0.2) is 38.9 Å². The van der Waals surface area contributed by atoms with Gasteiger partial charge in [0.05, 0.1) is 5.75 Å². The van der Waals surface area contributed by atoms with Crippen LogP contribution < -0.4 is 10.6 Å². The van der Waals surface area contributed by atoms with Gasteiger partial charge in [0, 0.05) is 17.2 Å². The van der Waals surface area contributed by atoms with E-state index in [-0.39, 0.29) is 17.7 Å². The van der Waals surface area contributed by atoms with E-state index in [2.05, 4.69) is 20.8 Å². The van der Waals surface area contributed by atoms with E-state index >= 15 is 0 Å². The van der Waals surface area contributed by atoms with Crippen molar-refractivity contribution in [1.82, 2.24) is 25.8 Å². The molecule has 3 aromatic rings. The van der Waals surface area contributed by atoms with Crippen LogP contribution in [0.1, 0.15) is 43.2 Å². The van der Waals surface area contributed by atoms with Crippen molar-refractivity contribution in [2.45, 2.75) is 57.1 Å². The van der Waals surface area contributed by atoms with Crippen LogP contribution in [0.2, 0.25) is 0 Å². The quantitative estimate of drug-likeness (QED) is 0.483.